The van der Waals surface area contributed by atoms with Crippen LogP contribution in [-0.2, 0) is 9.59 Å². The molecular weight excluding hydrogens is 460 g/mol. The van der Waals surface area contributed by atoms with Gasteiger partial charge in [0.25, 0.3) is 5.91 Å². The monoisotopic (exact) mass is 475 g/mol. The van der Waals surface area contributed by atoms with Crippen LogP contribution in [0.25, 0.3) is 6.08 Å². The first-order valence-electron chi connectivity index (χ1n) is 8.40. The Labute approximate surface area is 180 Å². The molecule has 2 aromatic rings. The van der Waals surface area contributed by atoms with E-state index < -0.39 is 12.6 Å². The van der Waals surface area contributed by atoms with E-state index in [2.05, 4.69) is 20.9 Å². The summed E-state index contributed by atoms with van der Waals surface area (Å²) in [5, 5.41) is 11.2. The van der Waals surface area contributed by atoms with Crippen molar-refractivity contribution < 1.29 is 24.2 Å². The molecule has 0 aliphatic carbocycles. The van der Waals surface area contributed by atoms with E-state index in [0.717, 1.165) is 10.2 Å². The summed E-state index contributed by atoms with van der Waals surface area (Å²) in [6.45, 7) is -0.580. The van der Waals surface area contributed by atoms with Gasteiger partial charge in [-0.05, 0) is 60.3 Å². The molecule has 1 aliphatic rings. The third kappa shape index (κ3) is 5.18. The van der Waals surface area contributed by atoms with Gasteiger partial charge in [-0.3, -0.25) is 9.69 Å². The summed E-state index contributed by atoms with van der Waals surface area (Å²) in [4.78, 5) is 29.8. The smallest absolute Gasteiger partial charge is 0.266 e. The number of carboxylic acid groups (broad SMARTS) is 1. The van der Waals surface area contributed by atoms with E-state index in [-0.39, 0.29) is 5.91 Å². The molecule has 0 unspecified atom stereocenters. The molecule has 150 valence electrons. The van der Waals surface area contributed by atoms with Crippen LogP contribution in [0, 0.1) is 0 Å². The largest absolute Gasteiger partial charge is 0.546 e. The lowest BCUT2D eigenvalue weighted by atomic mass is 10.2. The molecule has 1 heterocycles. The summed E-state index contributed by atoms with van der Waals surface area (Å²) in [6.07, 6.45) is 1.65. The fourth-order valence-corrected chi connectivity index (χ4v) is 3.82. The molecule has 0 radical (unpaired) electrons. The zero-order chi connectivity index (χ0) is 21.0. The number of benzene rings is 2. The number of methoxy groups -OCH3 is 1. The van der Waals surface area contributed by atoms with E-state index in [1.54, 1.807) is 62.7 Å². The summed E-state index contributed by atoms with van der Waals surface area (Å²) in [5.41, 5.74) is 1.25. The minimum atomic E-state index is -1.33. The number of ether oxygens (including phenoxy) is 2. The molecule has 0 N–H and O–H groups in total. The van der Waals surface area contributed by atoms with Gasteiger partial charge in [0.2, 0.25) is 0 Å². The van der Waals surface area contributed by atoms with Crippen LogP contribution >= 0.6 is 27.7 Å². The highest BCUT2D eigenvalue weighted by Gasteiger charge is 2.30. The molecule has 9 heteroatoms. The van der Waals surface area contributed by atoms with Gasteiger partial charge in [0.1, 0.15) is 18.1 Å². The number of aliphatic carboxylic acids is 1. The average Bonchev–Trinajstić information content (AvgIpc) is 2.95. The predicted octanol–water partition coefficient (Wildman–Crippen LogP) is 2.82. The number of carbonyl (C=O) groups is 2. The number of hydrogen-bond acceptors (Lipinski definition) is 7. The van der Waals surface area contributed by atoms with E-state index in [1.165, 1.54) is 16.7 Å². The SMILES string of the molecule is COc1ccc(N=C2S/C(=C\c3cc(Br)ccc3OCC(=O)[O-])C(=O)N2C)cc1. The Morgan fingerprint density at radius 2 is 2.00 bits per heavy atom. The van der Waals surface area contributed by atoms with Crippen LogP contribution in [-0.4, -0.2) is 42.7 Å². The van der Waals surface area contributed by atoms with Crippen LogP contribution in [0.2, 0.25) is 0 Å². The molecule has 1 fully saturated rings. The third-order valence-electron chi connectivity index (χ3n) is 3.90. The summed E-state index contributed by atoms with van der Waals surface area (Å²) >= 11 is 4.59. The Hall–Kier alpha value is -2.78. The first kappa shape index (κ1) is 20.9. The Bertz CT molecular complexity index is 1000. The van der Waals surface area contributed by atoms with Gasteiger partial charge in [-0.1, -0.05) is 15.9 Å². The van der Waals surface area contributed by atoms with E-state index >= 15 is 0 Å². The van der Waals surface area contributed by atoms with Crippen molar-refractivity contribution in [1.29, 1.82) is 0 Å². The van der Waals surface area contributed by atoms with Crippen LogP contribution in [0.15, 0.2) is 56.8 Å². The van der Waals surface area contributed by atoms with E-state index in [9.17, 15) is 14.7 Å². The minimum Gasteiger partial charge on any atom is -0.546 e. The first-order chi connectivity index (χ1) is 13.9. The molecule has 1 saturated heterocycles. The molecule has 1 aliphatic heterocycles. The lowest BCUT2D eigenvalue weighted by Crippen LogP contribution is -2.29. The van der Waals surface area contributed by atoms with Crippen molar-refractivity contribution in [3.8, 4) is 11.5 Å². The van der Waals surface area contributed by atoms with Gasteiger partial charge >= 0.3 is 0 Å². The van der Waals surface area contributed by atoms with Crippen molar-refractivity contribution >= 4 is 56.5 Å². The molecular formula is C20H16BrN2O5S-. The average molecular weight is 476 g/mol. The third-order valence-corrected chi connectivity index (χ3v) is 5.46. The molecule has 7 nitrogen and oxygen atoms in total. The summed E-state index contributed by atoms with van der Waals surface area (Å²) in [7, 11) is 3.23. The maximum atomic E-state index is 12.7. The van der Waals surface area contributed by atoms with Crippen molar-refractivity contribution in [1.82, 2.24) is 4.90 Å². The molecule has 0 saturated carbocycles. The number of carboxylic acids is 1. The van der Waals surface area contributed by atoms with Crippen LogP contribution in [0.3, 0.4) is 0 Å². The summed E-state index contributed by atoms with van der Waals surface area (Å²) < 4.78 is 11.2. The Morgan fingerprint density at radius 1 is 1.28 bits per heavy atom. The van der Waals surface area contributed by atoms with Crippen molar-refractivity contribution in [2.45, 2.75) is 0 Å². The highest BCUT2D eigenvalue weighted by Crippen LogP contribution is 2.35. The van der Waals surface area contributed by atoms with Crippen molar-refractivity contribution in [2.24, 2.45) is 4.99 Å². The second kappa shape index (κ2) is 9.15. The molecule has 1 amide bonds. The maximum absolute atomic E-state index is 12.7. The van der Waals surface area contributed by atoms with Crippen LogP contribution in [0.1, 0.15) is 5.56 Å². The number of aliphatic imine (C=N–C) groups is 1. The predicted molar refractivity (Wildman–Crippen MR) is 113 cm³/mol. The number of thioether (sulfide) groups is 1. The van der Waals surface area contributed by atoms with Crippen LogP contribution in [0.5, 0.6) is 11.5 Å². The molecule has 29 heavy (non-hydrogen) atoms. The number of hydrogen-bond donors (Lipinski definition) is 0. The van der Waals surface area contributed by atoms with Crippen molar-refractivity contribution in [3.63, 3.8) is 0 Å². The van der Waals surface area contributed by atoms with Gasteiger partial charge in [0.15, 0.2) is 5.17 Å². The van der Waals surface area contributed by atoms with Gasteiger partial charge in [-0.25, -0.2) is 4.99 Å². The Kier molecular flexibility index (Phi) is 6.60. The molecule has 3 rings (SSSR count). The second-order valence-corrected chi connectivity index (χ2v) is 7.83. The normalized spacial score (nSPS) is 16.5. The summed E-state index contributed by atoms with van der Waals surface area (Å²) in [6, 6.07) is 12.3. The van der Waals surface area contributed by atoms with Crippen LogP contribution < -0.4 is 14.6 Å². The van der Waals surface area contributed by atoms with Crippen LogP contribution in [0.4, 0.5) is 5.69 Å². The second-order valence-electron chi connectivity index (χ2n) is 5.91. The fourth-order valence-electron chi connectivity index (χ4n) is 2.46. The van der Waals surface area contributed by atoms with E-state index in [1.807, 2.05) is 0 Å². The molecule has 0 bridgehead atoms. The van der Waals surface area contributed by atoms with Gasteiger partial charge < -0.3 is 19.4 Å². The van der Waals surface area contributed by atoms with Crippen molar-refractivity contribution in [3.05, 3.63) is 57.4 Å². The lowest BCUT2D eigenvalue weighted by Gasteiger charge is -2.10. The highest BCUT2D eigenvalue weighted by atomic mass is 79.9. The lowest BCUT2D eigenvalue weighted by molar-refractivity contribution is -0.307. The molecule has 0 aromatic heterocycles. The Balaban J connectivity index is 1.88. The van der Waals surface area contributed by atoms with Gasteiger partial charge in [0.05, 0.1) is 23.7 Å². The number of halogens is 1. The minimum absolute atomic E-state index is 0.215. The topological polar surface area (TPSA) is 91.3 Å². The Morgan fingerprint density at radius 3 is 2.66 bits per heavy atom. The van der Waals surface area contributed by atoms with E-state index in [0.29, 0.717) is 27.1 Å². The molecule has 0 spiro atoms. The number of amides is 1. The number of nitrogens with zero attached hydrogens (tertiary/aromatic N) is 2. The zero-order valence-electron chi connectivity index (χ0n) is 15.5. The van der Waals surface area contributed by atoms with Gasteiger partial charge in [0, 0.05) is 17.1 Å². The number of amidine groups is 1. The number of carbonyl (C=O) groups excluding carboxylic acids is 2. The molecule has 0 atom stereocenters. The fraction of sp³-hybridized carbons (Fsp3) is 0.150. The number of likely N-dealkylation sites (N-methyl/N-ethyl adjacent to an activating group) is 1. The summed E-state index contributed by atoms with van der Waals surface area (Å²) in [5.74, 6) is -0.488. The zero-order valence-corrected chi connectivity index (χ0v) is 18.0. The van der Waals surface area contributed by atoms with Gasteiger partial charge in [-0.15, -0.1) is 0 Å². The quantitative estimate of drug-likeness (QED) is 0.596. The maximum Gasteiger partial charge on any atom is 0.266 e. The van der Waals surface area contributed by atoms with E-state index in [4.69, 9.17) is 9.47 Å². The van der Waals surface area contributed by atoms with Gasteiger partial charge in [-0.2, -0.15) is 0 Å². The molecule has 2 aromatic carbocycles. The van der Waals surface area contributed by atoms with Crippen molar-refractivity contribution in [2.75, 3.05) is 20.8 Å². The standard InChI is InChI=1S/C20H17BrN2O5S/c1-23-19(26)17(29-20(23)22-14-4-6-15(27-2)7-5-14)10-12-9-13(21)3-8-16(12)28-11-18(24)25/h3-10H,11H2,1-2H3,(H,24,25)/p-1/b17-10-,22-20?. The highest BCUT2D eigenvalue weighted by molar-refractivity contribution is 9.10. The first-order valence-corrected chi connectivity index (χ1v) is 10.0. The number of rotatable bonds is 6.